The maximum absolute atomic E-state index is 13.6. The Morgan fingerprint density at radius 1 is 0.923 bits per heavy atom. The lowest BCUT2D eigenvalue weighted by molar-refractivity contribution is -0.132. The number of anilines is 2. The molecule has 0 spiro atoms. The molecule has 39 heavy (non-hydrogen) atoms. The van der Waals surface area contributed by atoms with E-state index in [0.29, 0.717) is 46.6 Å². The van der Waals surface area contributed by atoms with Gasteiger partial charge in [-0.25, -0.2) is 0 Å². The van der Waals surface area contributed by atoms with Crippen molar-refractivity contribution >= 4 is 28.8 Å². The van der Waals surface area contributed by atoms with Crippen molar-refractivity contribution in [3.63, 3.8) is 0 Å². The average molecular weight is 531 g/mol. The number of ketones is 1. The molecule has 1 aliphatic rings. The SMILES string of the molecule is COc1cc(OC)cc(N2C(=O)C(=O)/C(=C(/O)c3cccc(OCC(C)C)c3)C2c2ccc(N(C)C)cc2)c1. The maximum atomic E-state index is 13.6. The fourth-order valence-corrected chi connectivity index (χ4v) is 4.45. The molecule has 3 aromatic carbocycles. The molecule has 4 rings (SSSR count). The highest BCUT2D eigenvalue weighted by Gasteiger charge is 2.47. The number of hydrogen-bond donors (Lipinski definition) is 1. The summed E-state index contributed by atoms with van der Waals surface area (Å²) in [6.45, 7) is 4.59. The van der Waals surface area contributed by atoms with E-state index in [1.165, 1.54) is 19.1 Å². The monoisotopic (exact) mass is 530 g/mol. The summed E-state index contributed by atoms with van der Waals surface area (Å²) < 4.78 is 16.7. The van der Waals surface area contributed by atoms with Crippen molar-refractivity contribution in [1.82, 2.24) is 0 Å². The minimum Gasteiger partial charge on any atom is -0.507 e. The Kier molecular flexibility index (Phi) is 8.14. The van der Waals surface area contributed by atoms with Crippen LogP contribution in [0.2, 0.25) is 0 Å². The van der Waals surface area contributed by atoms with Crippen molar-refractivity contribution < 1.29 is 28.9 Å². The number of aliphatic hydroxyl groups excluding tert-OH is 1. The molecule has 1 N–H and O–H groups in total. The van der Waals surface area contributed by atoms with E-state index >= 15 is 0 Å². The van der Waals surface area contributed by atoms with E-state index in [2.05, 4.69) is 0 Å². The first kappa shape index (κ1) is 27.6. The summed E-state index contributed by atoms with van der Waals surface area (Å²) in [6.07, 6.45) is 0. The van der Waals surface area contributed by atoms with Gasteiger partial charge in [0.15, 0.2) is 0 Å². The van der Waals surface area contributed by atoms with E-state index in [9.17, 15) is 14.7 Å². The Morgan fingerprint density at radius 2 is 1.56 bits per heavy atom. The van der Waals surface area contributed by atoms with Gasteiger partial charge in [-0.2, -0.15) is 0 Å². The second-order valence-corrected chi connectivity index (χ2v) is 9.96. The first-order valence-corrected chi connectivity index (χ1v) is 12.7. The molecule has 0 aliphatic carbocycles. The van der Waals surface area contributed by atoms with Crippen molar-refractivity contribution in [1.29, 1.82) is 0 Å². The van der Waals surface area contributed by atoms with Crippen LogP contribution in [0.25, 0.3) is 5.76 Å². The molecule has 1 atom stereocenters. The van der Waals surface area contributed by atoms with Gasteiger partial charge in [0.05, 0.1) is 38.1 Å². The summed E-state index contributed by atoms with van der Waals surface area (Å²) in [4.78, 5) is 30.5. The Bertz CT molecular complexity index is 1370. The van der Waals surface area contributed by atoms with Crippen LogP contribution in [-0.4, -0.2) is 51.7 Å². The summed E-state index contributed by atoms with van der Waals surface area (Å²) in [5, 5.41) is 11.5. The number of benzene rings is 3. The number of carbonyl (C=O) groups excluding carboxylic acids is 2. The molecule has 0 radical (unpaired) electrons. The molecular weight excluding hydrogens is 496 g/mol. The number of aliphatic hydroxyl groups is 1. The third kappa shape index (κ3) is 5.70. The third-order valence-corrected chi connectivity index (χ3v) is 6.47. The molecule has 0 saturated carbocycles. The molecule has 8 heteroatoms. The smallest absolute Gasteiger partial charge is 0.300 e. The molecule has 3 aromatic rings. The number of hydrogen-bond acceptors (Lipinski definition) is 7. The topological polar surface area (TPSA) is 88.5 Å². The first-order chi connectivity index (χ1) is 18.6. The highest BCUT2D eigenvalue weighted by molar-refractivity contribution is 6.51. The van der Waals surface area contributed by atoms with Gasteiger partial charge in [-0.15, -0.1) is 0 Å². The second-order valence-electron chi connectivity index (χ2n) is 9.96. The zero-order valence-corrected chi connectivity index (χ0v) is 23.1. The molecule has 1 unspecified atom stereocenters. The van der Waals surface area contributed by atoms with Gasteiger partial charge in [0, 0.05) is 43.5 Å². The molecule has 8 nitrogen and oxygen atoms in total. The number of methoxy groups -OCH3 is 2. The van der Waals surface area contributed by atoms with Crippen LogP contribution in [0.15, 0.2) is 72.3 Å². The highest BCUT2D eigenvalue weighted by atomic mass is 16.5. The van der Waals surface area contributed by atoms with Crippen LogP contribution < -0.4 is 24.0 Å². The fourth-order valence-electron chi connectivity index (χ4n) is 4.45. The number of ether oxygens (including phenoxy) is 3. The van der Waals surface area contributed by atoms with Crippen molar-refractivity contribution in [3.8, 4) is 17.2 Å². The van der Waals surface area contributed by atoms with Crippen molar-refractivity contribution in [3.05, 3.63) is 83.4 Å². The van der Waals surface area contributed by atoms with Crippen LogP contribution >= 0.6 is 0 Å². The molecule has 0 aromatic heterocycles. The van der Waals surface area contributed by atoms with Crippen LogP contribution in [0.4, 0.5) is 11.4 Å². The van der Waals surface area contributed by atoms with Gasteiger partial charge in [0.2, 0.25) is 0 Å². The van der Waals surface area contributed by atoms with Gasteiger partial charge in [-0.3, -0.25) is 14.5 Å². The predicted octanol–water partition coefficient (Wildman–Crippen LogP) is 5.43. The van der Waals surface area contributed by atoms with Gasteiger partial charge in [0.25, 0.3) is 11.7 Å². The van der Waals surface area contributed by atoms with Crippen molar-refractivity contribution in [2.75, 3.05) is 44.7 Å². The number of Topliss-reactive ketones (excluding diaryl/α,β-unsaturated/α-hetero) is 1. The third-order valence-electron chi connectivity index (χ3n) is 6.47. The van der Waals surface area contributed by atoms with Crippen molar-refractivity contribution in [2.24, 2.45) is 5.92 Å². The quantitative estimate of drug-likeness (QED) is 0.224. The lowest BCUT2D eigenvalue weighted by atomic mass is 9.94. The van der Waals surface area contributed by atoms with E-state index in [1.807, 2.05) is 57.1 Å². The molecule has 204 valence electrons. The van der Waals surface area contributed by atoms with Gasteiger partial charge >= 0.3 is 0 Å². The zero-order valence-electron chi connectivity index (χ0n) is 23.1. The van der Waals surface area contributed by atoms with Gasteiger partial charge in [0.1, 0.15) is 23.0 Å². The van der Waals surface area contributed by atoms with Crippen LogP contribution in [-0.2, 0) is 9.59 Å². The number of carbonyl (C=O) groups is 2. The Labute approximate surface area is 229 Å². The summed E-state index contributed by atoms with van der Waals surface area (Å²) >= 11 is 0. The molecule has 1 fully saturated rings. The normalized spacial score (nSPS) is 16.5. The average Bonchev–Trinajstić information content (AvgIpc) is 3.21. The van der Waals surface area contributed by atoms with Crippen LogP contribution in [0.5, 0.6) is 17.2 Å². The van der Waals surface area contributed by atoms with E-state index in [4.69, 9.17) is 14.2 Å². The second kappa shape index (κ2) is 11.5. The minimum atomic E-state index is -0.890. The molecule has 1 amide bonds. The summed E-state index contributed by atoms with van der Waals surface area (Å²) in [7, 11) is 6.88. The predicted molar refractivity (Wildman–Crippen MR) is 152 cm³/mol. The first-order valence-electron chi connectivity index (χ1n) is 12.7. The van der Waals surface area contributed by atoms with E-state index in [1.54, 1.807) is 42.5 Å². The molecule has 0 bridgehead atoms. The van der Waals surface area contributed by atoms with Gasteiger partial charge < -0.3 is 24.2 Å². The van der Waals surface area contributed by atoms with Gasteiger partial charge in [-0.05, 0) is 35.7 Å². The van der Waals surface area contributed by atoms with E-state index < -0.39 is 17.7 Å². The number of rotatable bonds is 9. The highest BCUT2D eigenvalue weighted by Crippen LogP contribution is 2.44. The zero-order chi connectivity index (χ0) is 28.3. The molecular formula is C31H34N2O6. The molecule has 1 aliphatic heterocycles. The lowest BCUT2D eigenvalue weighted by Gasteiger charge is -2.26. The maximum Gasteiger partial charge on any atom is 0.300 e. The van der Waals surface area contributed by atoms with Crippen LogP contribution in [0.3, 0.4) is 0 Å². The molecule has 1 heterocycles. The Morgan fingerprint density at radius 3 is 2.13 bits per heavy atom. The molecule has 1 saturated heterocycles. The Balaban J connectivity index is 1.90. The summed E-state index contributed by atoms with van der Waals surface area (Å²) in [5.74, 6) is -0.0255. The standard InChI is InChI=1S/C31H34N2O6/c1-19(2)18-39-24-9-7-8-21(14-24)29(34)27-28(20-10-12-22(13-11-20)32(3)4)33(31(36)30(27)35)23-15-25(37-5)17-26(16-23)38-6/h7-17,19,28,34H,18H2,1-6H3/b29-27+. The van der Waals surface area contributed by atoms with E-state index in [-0.39, 0.29) is 11.3 Å². The summed E-state index contributed by atoms with van der Waals surface area (Å²) in [6, 6.07) is 18.5. The van der Waals surface area contributed by atoms with Gasteiger partial charge in [-0.1, -0.05) is 38.1 Å². The largest absolute Gasteiger partial charge is 0.507 e. The van der Waals surface area contributed by atoms with E-state index in [0.717, 1.165) is 5.69 Å². The van der Waals surface area contributed by atoms with Crippen LogP contribution in [0, 0.1) is 5.92 Å². The minimum absolute atomic E-state index is 0.0135. The Hall–Kier alpha value is -4.46. The number of amides is 1. The summed E-state index contributed by atoms with van der Waals surface area (Å²) in [5.41, 5.74) is 2.39. The number of nitrogens with zero attached hydrogens (tertiary/aromatic N) is 2. The van der Waals surface area contributed by atoms with Crippen LogP contribution in [0.1, 0.15) is 31.0 Å². The fraction of sp³-hybridized carbons (Fsp3) is 0.290. The van der Waals surface area contributed by atoms with Crippen molar-refractivity contribution in [2.45, 2.75) is 19.9 Å². The lowest BCUT2D eigenvalue weighted by Crippen LogP contribution is -2.29.